The summed E-state index contributed by atoms with van der Waals surface area (Å²) in [6.45, 7) is 8.53. The first-order chi connectivity index (χ1) is 18.2. The fourth-order valence-corrected chi connectivity index (χ4v) is 9.17. The number of carbonyl (C=O) groups is 2. The number of piperazine rings is 1. The molecule has 0 radical (unpaired) electrons. The Balaban J connectivity index is 1.09. The van der Waals surface area contributed by atoms with E-state index < -0.39 is 5.60 Å². The first-order valence-electron chi connectivity index (χ1n) is 15.1. The smallest absolute Gasteiger partial charge is 0.245 e. The van der Waals surface area contributed by atoms with Crippen molar-refractivity contribution >= 4 is 11.8 Å². The number of aryl methyl sites for hydroxylation is 1. The van der Waals surface area contributed by atoms with Crippen LogP contribution in [0.3, 0.4) is 0 Å². The quantitative estimate of drug-likeness (QED) is 0.631. The van der Waals surface area contributed by atoms with Gasteiger partial charge in [-0.1, -0.05) is 19.9 Å². The Bertz CT molecular complexity index is 1080. The molecule has 5 aliphatic rings. The monoisotopic (exact) mass is 523 g/mol. The summed E-state index contributed by atoms with van der Waals surface area (Å²) in [6.07, 6.45) is 8.39. The van der Waals surface area contributed by atoms with Gasteiger partial charge in [-0.3, -0.25) is 14.5 Å². The maximum Gasteiger partial charge on any atom is 0.245 e. The zero-order valence-corrected chi connectivity index (χ0v) is 23.2. The van der Waals surface area contributed by atoms with Crippen LogP contribution in [0.1, 0.15) is 82.3 Å². The Kier molecular flexibility index (Phi) is 6.74. The van der Waals surface area contributed by atoms with E-state index in [0.29, 0.717) is 56.1 Å². The number of fused-ring (bicyclic) bond motifs is 5. The molecular formula is C31H45N3O4. The molecule has 2 saturated heterocycles. The summed E-state index contributed by atoms with van der Waals surface area (Å²) in [7, 11) is 0. The lowest BCUT2D eigenvalue weighted by atomic mass is 9.53. The van der Waals surface area contributed by atoms with Gasteiger partial charge in [0, 0.05) is 51.1 Å². The summed E-state index contributed by atoms with van der Waals surface area (Å²) in [5.41, 5.74) is 1.97. The van der Waals surface area contributed by atoms with Gasteiger partial charge in [0.25, 0.3) is 0 Å². The summed E-state index contributed by atoms with van der Waals surface area (Å²) in [6, 6.07) is 5.67. The molecule has 7 nitrogen and oxygen atoms in total. The van der Waals surface area contributed by atoms with Crippen molar-refractivity contribution in [2.24, 2.45) is 17.3 Å². The van der Waals surface area contributed by atoms with E-state index in [9.17, 15) is 19.8 Å². The van der Waals surface area contributed by atoms with E-state index in [2.05, 4.69) is 17.9 Å². The highest BCUT2D eigenvalue weighted by molar-refractivity contribution is 5.88. The number of phenolic OH excluding ortho intramolecular Hbond substituents is 1. The van der Waals surface area contributed by atoms with Crippen molar-refractivity contribution in [3.8, 4) is 5.75 Å². The molecular weight excluding hydrogens is 478 g/mol. The van der Waals surface area contributed by atoms with E-state index in [4.69, 9.17) is 0 Å². The van der Waals surface area contributed by atoms with E-state index in [1.165, 1.54) is 11.1 Å². The third-order valence-electron chi connectivity index (χ3n) is 11.4. The number of nitrogens with zero attached hydrogens (tertiary/aromatic N) is 3. The van der Waals surface area contributed by atoms with Crippen LogP contribution in [-0.2, 0) is 16.0 Å². The van der Waals surface area contributed by atoms with Gasteiger partial charge < -0.3 is 20.0 Å². The molecule has 2 aliphatic heterocycles. The number of rotatable bonds is 4. The number of β-amino-alcohol motifs (C(OH)–C–C–N with tert-alkyl or cyclic N) is 1. The van der Waals surface area contributed by atoms with Crippen LogP contribution in [0.5, 0.6) is 5.75 Å². The topological polar surface area (TPSA) is 84.3 Å². The molecule has 0 bridgehead atoms. The molecule has 208 valence electrons. The van der Waals surface area contributed by atoms with E-state index in [1.54, 1.807) is 4.90 Å². The van der Waals surface area contributed by atoms with Gasteiger partial charge in [0.05, 0.1) is 5.60 Å². The van der Waals surface area contributed by atoms with Crippen LogP contribution >= 0.6 is 0 Å². The maximum atomic E-state index is 13.3. The van der Waals surface area contributed by atoms with Gasteiger partial charge in [0.2, 0.25) is 11.8 Å². The molecule has 2 N–H and O–H groups in total. The first kappa shape index (κ1) is 26.1. The Morgan fingerprint density at radius 3 is 2.58 bits per heavy atom. The number of hydrogen-bond acceptors (Lipinski definition) is 5. The molecule has 0 aromatic heterocycles. The molecule has 38 heavy (non-hydrogen) atoms. The highest BCUT2D eigenvalue weighted by atomic mass is 16.3. The molecule has 6 atom stereocenters. The SMILES string of the molecule is CCC(=O)N1CCC[C@H]1C(=O)N1CCN(C[C@]2(O)CC[C@H]3[C@@H]4CCc5cc(O)ccc5[C@H]4CC[C@@]32C)CC1. The third kappa shape index (κ3) is 4.16. The average Bonchev–Trinajstić information content (AvgIpc) is 3.51. The van der Waals surface area contributed by atoms with Crippen LogP contribution in [0.25, 0.3) is 0 Å². The lowest BCUT2D eigenvalue weighted by Gasteiger charge is -2.54. The van der Waals surface area contributed by atoms with Crippen LogP contribution in [0.15, 0.2) is 18.2 Å². The molecule has 1 aromatic carbocycles. The van der Waals surface area contributed by atoms with Crippen molar-refractivity contribution in [2.75, 3.05) is 39.3 Å². The van der Waals surface area contributed by atoms with Crippen molar-refractivity contribution in [3.63, 3.8) is 0 Å². The van der Waals surface area contributed by atoms with Gasteiger partial charge >= 0.3 is 0 Å². The molecule has 0 spiro atoms. The number of carbonyl (C=O) groups excluding carboxylic acids is 2. The first-order valence-corrected chi connectivity index (χ1v) is 15.1. The van der Waals surface area contributed by atoms with Crippen LogP contribution in [0.4, 0.5) is 0 Å². The van der Waals surface area contributed by atoms with E-state index in [-0.39, 0.29) is 23.3 Å². The minimum Gasteiger partial charge on any atom is -0.508 e. The van der Waals surface area contributed by atoms with Crippen LogP contribution in [0.2, 0.25) is 0 Å². The maximum absolute atomic E-state index is 13.3. The fraction of sp³-hybridized carbons (Fsp3) is 0.742. The van der Waals surface area contributed by atoms with Gasteiger partial charge in [-0.15, -0.1) is 0 Å². The molecule has 2 heterocycles. The lowest BCUT2D eigenvalue weighted by Crippen LogP contribution is -2.60. The molecule has 2 saturated carbocycles. The van der Waals surface area contributed by atoms with Gasteiger partial charge in [-0.05, 0) is 92.4 Å². The Hall–Kier alpha value is -2.12. The zero-order valence-electron chi connectivity index (χ0n) is 23.2. The average molecular weight is 524 g/mol. The molecule has 2 amide bonds. The summed E-state index contributed by atoms with van der Waals surface area (Å²) in [4.78, 5) is 31.7. The fourth-order valence-electron chi connectivity index (χ4n) is 9.17. The normalized spacial score (nSPS) is 37.0. The predicted octanol–water partition coefficient (Wildman–Crippen LogP) is 3.52. The van der Waals surface area contributed by atoms with E-state index >= 15 is 0 Å². The highest BCUT2D eigenvalue weighted by Gasteiger charge is 2.61. The Morgan fingerprint density at radius 1 is 1.03 bits per heavy atom. The lowest BCUT2D eigenvalue weighted by molar-refractivity contribution is -0.146. The molecule has 1 aromatic rings. The predicted molar refractivity (Wildman–Crippen MR) is 146 cm³/mol. The number of benzene rings is 1. The highest BCUT2D eigenvalue weighted by Crippen LogP contribution is 2.64. The summed E-state index contributed by atoms with van der Waals surface area (Å²) >= 11 is 0. The largest absolute Gasteiger partial charge is 0.508 e. The molecule has 7 heteroatoms. The van der Waals surface area contributed by atoms with E-state index in [1.807, 2.05) is 24.0 Å². The molecule has 3 aliphatic carbocycles. The minimum atomic E-state index is -0.695. The number of aromatic hydroxyl groups is 1. The Labute approximate surface area is 227 Å². The van der Waals surface area contributed by atoms with Gasteiger partial charge in [0.1, 0.15) is 11.8 Å². The summed E-state index contributed by atoms with van der Waals surface area (Å²) in [5.74, 6) is 2.24. The third-order valence-corrected chi connectivity index (χ3v) is 11.4. The van der Waals surface area contributed by atoms with Crippen LogP contribution < -0.4 is 0 Å². The number of amides is 2. The number of aliphatic hydroxyl groups is 1. The van der Waals surface area contributed by atoms with Gasteiger partial charge in [0.15, 0.2) is 0 Å². The van der Waals surface area contributed by atoms with Gasteiger partial charge in [-0.25, -0.2) is 0 Å². The summed E-state index contributed by atoms with van der Waals surface area (Å²) < 4.78 is 0. The van der Waals surface area contributed by atoms with Crippen molar-refractivity contribution < 1.29 is 19.8 Å². The van der Waals surface area contributed by atoms with Crippen molar-refractivity contribution in [1.29, 1.82) is 0 Å². The number of hydrogen-bond donors (Lipinski definition) is 2. The number of phenols is 1. The second-order valence-corrected chi connectivity index (χ2v) is 13.0. The second-order valence-electron chi connectivity index (χ2n) is 13.0. The summed E-state index contributed by atoms with van der Waals surface area (Å²) in [5, 5.41) is 22.2. The molecule has 6 rings (SSSR count). The standard InChI is InChI=1S/C31H45N3O4/c1-3-28(36)34-14-4-5-27(34)29(37)33-17-15-32(16-18-33)20-31(38)13-11-26-25-8-6-21-19-22(35)7-9-23(21)24(25)10-12-30(26,31)2/h7,9,19,24-27,35,38H,3-6,8,10-18,20H2,1-2H3/t24-,25-,26+,27+,30+,31-/m1/s1. The van der Waals surface area contributed by atoms with Crippen molar-refractivity contribution in [2.45, 2.75) is 89.2 Å². The van der Waals surface area contributed by atoms with Crippen LogP contribution in [-0.4, -0.2) is 87.6 Å². The number of likely N-dealkylation sites (tertiary alicyclic amines) is 1. The Morgan fingerprint density at radius 2 is 1.82 bits per heavy atom. The van der Waals surface area contributed by atoms with E-state index in [0.717, 1.165) is 64.5 Å². The van der Waals surface area contributed by atoms with Crippen LogP contribution in [0, 0.1) is 17.3 Å². The van der Waals surface area contributed by atoms with Gasteiger partial charge in [-0.2, -0.15) is 0 Å². The molecule has 0 unspecified atom stereocenters. The zero-order chi connectivity index (χ0) is 26.7. The second kappa shape index (κ2) is 9.81. The molecule has 4 fully saturated rings. The minimum absolute atomic E-state index is 0.0829. The van der Waals surface area contributed by atoms with Crippen molar-refractivity contribution in [3.05, 3.63) is 29.3 Å². The van der Waals surface area contributed by atoms with Crippen molar-refractivity contribution in [1.82, 2.24) is 14.7 Å².